The molecule has 0 aromatic carbocycles. The van der Waals surface area contributed by atoms with E-state index in [9.17, 15) is 5.11 Å². The largest absolute Gasteiger partial charge is 0.390 e. The number of nitrogens with zero attached hydrogens (tertiary/aromatic N) is 1. The van der Waals surface area contributed by atoms with E-state index >= 15 is 0 Å². The predicted octanol–water partition coefficient (Wildman–Crippen LogP) is 0.724. The van der Waals surface area contributed by atoms with Gasteiger partial charge in [-0.25, -0.2) is 0 Å². The molecule has 1 N–H and O–H groups in total. The second kappa shape index (κ2) is 4.94. The fourth-order valence-electron chi connectivity index (χ4n) is 1.88. The molecular weight excluding hydrogens is 166 g/mol. The number of ether oxygens (including phenoxy) is 1. The third kappa shape index (κ3) is 3.25. The summed E-state index contributed by atoms with van der Waals surface area (Å²) in [5.41, 5.74) is 0. The van der Waals surface area contributed by atoms with E-state index in [1.165, 1.54) is 0 Å². The Morgan fingerprint density at radius 1 is 1.54 bits per heavy atom. The van der Waals surface area contributed by atoms with Gasteiger partial charge < -0.3 is 14.7 Å². The molecule has 0 saturated carbocycles. The minimum absolute atomic E-state index is 0.00694. The number of aliphatic hydroxyl groups is 1. The van der Waals surface area contributed by atoms with Crippen LogP contribution in [0.2, 0.25) is 0 Å². The molecule has 2 atom stereocenters. The van der Waals surface area contributed by atoms with Gasteiger partial charge in [0, 0.05) is 26.7 Å². The lowest BCUT2D eigenvalue weighted by atomic mass is 10.0. The van der Waals surface area contributed by atoms with Gasteiger partial charge in [-0.3, -0.25) is 0 Å². The molecule has 0 bridgehead atoms. The van der Waals surface area contributed by atoms with Gasteiger partial charge in [-0.1, -0.05) is 13.8 Å². The van der Waals surface area contributed by atoms with Crippen LogP contribution in [0.3, 0.4) is 0 Å². The molecule has 3 nitrogen and oxygen atoms in total. The van der Waals surface area contributed by atoms with Crippen molar-refractivity contribution in [2.45, 2.75) is 32.5 Å². The van der Waals surface area contributed by atoms with Crippen LogP contribution in [0.25, 0.3) is 0 Å². The van der Waals surface area contributed by atoms with Gasteiger partial charge in [0.25, 0.3) is 0 Å². The first kappa shape index (κ1) is 11.0. The van der Waals surface area contributed by atoms with E-state index in [2.05, 4.69) is 18.7 Å². The molecule has 3 heteroatoms. The highest BCUT2D eigenvalue weighted by molar-refractivity contribution is 4.80. The van der Waals surface area contributed by atoms with E-state index in [-0.39, 0.29) is 12.2 Å². The number of hydrogen-bond donors (Lipinski definition) is 1. The summed E-state index contributed by atoms with van der Waals surface area (Å²) in [6, 6.07) is 0. The van der Waals surface area contributed by atoms with Gasteiger partial charge in [0.05, 0.1) is 12.2 Å². The van der Waals surface area contributed by atoms with Crippen LogP contribution >= 0.6 is 0 Å². The number of rotatable bonds is 3. The Morgan fingerprint density at radius 3 is 2.77 bits per heavy atom. The number of piperidine rings is 1. The summed E-state index contributed by atoms with van der Waals surface area (Å²) in [5.74, 6) is 0.688. The average molecular weight is 187 g/mol. The number of methoxy groups -OCH3 is 1. The van der Waals surface area contributed by atoms with E-state index in [1.54, 1.807) is 7.11 Å². The van der Waals surface area contributed by atoms with Crippen molar-refractivity contribution in [2.24, 2.45) is 5.92 Å². The molecule has 0 radical (unpaired) electrons. The molecule has 0 aromatic rings. The van der Waals surface area contributed by atoms with Crippen LogP contribution in [0, 0.1) is 5.92 Å². The van der Waals surface area contributed by atoms with E-state index in [0.29, 0.717) is 5.92 Å². The van der Waals surface area contributed by atoms with Crippen molar-refractivity contribution in [1.82, 2.24) is 4.90 Å². The molecule has 2 unspecified atom stereocenters. The Hall–Kier alpha value is -0.120. The molecule has 1 aliphatic rings. The van der Waals surface area contributed by atoms with Gasteiger partial charge in [-0.05, 0) is 12.3 Å². The Kier molecular flexibility index (Phi) is 4.16. The predicted molar refractivity (Wildman–Crippen MR) is 52.7 cm³/mol. The van der Waals surface area contributed by atoms with Gasteiger partial charge in [0.1, 0.15) is 0 Å². The van der Waals surface area contributed by atoms with Crippen molar-refractivity contribution in [3.63, 3.8) is 0 Å². The van der Waals surface area contributed by atoms with Crippen molar-refractivity contribution >= 4 is 0 Å². The third-order valence-electron chi connectivity index (χ3n) is 2.53. The second-order valence-electron chi connectivity index (χ2n) is 4.28. The molecule has 0 aliphatic carbocycles. The zero-order valence-electron chi connectivity index (χ0n) is 8.86. The molecule has 0 amide bonds. The van der Waals surface area contributed by atoms with Crippen molar-refractivity contribution in [3.8, 4) is 0 Å². The highest BCUT2D eigenvalue weighted by atomic mass is 16.5. The first-order valence-electron chi connectivity index (χ1n) is 5.06. The maximum Gasteiger partial charge on any atom is 0.0957 e. The highest BCUT2D eigenvalue weighted by Crippen LogP contribution is 2.14. The van der Waals surface area contributed by atoms with Gasteiger partial charge in [-0.15, -0.1) is 0 Å². The fourth-order valence-corrected chi connectivity index (χ4v) is 1.88. The molecule has 0 spiro atoms. The first-order chi connectivity index (χ1) is 6.13. The van der Waals surface area contributed by atoms with Crippen LogP contribution in [0.4, 0.5) is 0 Å². The lowest BCUT2D eigenvalue weighted by Crippen LogP contribution is -2.48. The average Bonchev–Trinajstić information content (AvgIpc) is 2.07. The van der Waals surface area contributed by atoms with E-state index in [4.69, 9.17) is 4.74 Å². The number of likely N-dealkylation sites (tertiary alicyclic amines) is 1. The van der Waals surface area contributed by atoms with Crippen LogP contribution < -0.4 is 0 Å². The molecular formula is C10H21NO2. The number of aliphatic hydroxyl groups excluding tert-OH is 1. The van der Waals surface area contributed by atoms with Crippen LogP contribution in [0.1, 0.15) is 20.3 Å². The third-order valence-corrected chi connectivity index (χ3v) is 2.53. The quantitative estimate of drug-likeness (QED) is 0.707. The summed E-state index contributed by atoms with van der Waals surface area (Å²) in [4.78, 5) is 2.37. The standard InChI is InChI=1S/C10H21NO2/c1-8(2)6-11-5-4-9(12)10(7-11)13-3/h8-10,12H,4-7H2,1-3H3. The Balaban J connectivity index is 2.36. The minimum atomic E-state index is -0.270. The van der Waals surface area contributed by atoms with Crippen LogP contribution in [-0.2, 0) is 4.74 Å². The van der Waals surface area contributed by atoms with Crippen LogP contribution in [0.15, 0.2) is 0 Å². The summed E-state index contributed by atoms with van der Waals surface area (Å²) in [6.45, 7) is 7.40. The monoisotopic (exact) mass is 187 g/mol. The van der Waals surface area contributed by atoms with Crippen molar-refractivity contribution in [3.05, 3.63) is 0 Å². The lowest BCUT2D eigenvalue weighted by molar-refractivity contribution is -0.0625. The lowest BCUT2D eigenvalue weighted by Gasteiger charge is -2.36. The zero-order chi connectivity index (χ0) is 9.84. The molecule has 1 rings (SSSR count). The zero-order valence-corrected chi connectivity index (χ0v) is 8.86. The summed E-state index contributed by atoms with van der Waals surface area (Å²) < 4.78 is 5.22. The molecule has 0 aromatic heterocycles. The summed E-state index contributed by atoms with van der Waals surface area (Å²) >= 11 is 0. The molecule has 78 valence electrons. The topological polar surface area (TPSA) is 32.7 Å². The maximum absolute atomic E-state index is 9.57. The van der Waals surface area contributed by atoms with Gasteiger partial charge >= 0.3 is 0 Å². The summed E-state index contributed by atoms with van der Waals surface area (Å²) in [6.07, 6.45) is 0.575. The van der Waals surface area contributed by atoms with Crippen molar-refractivity contribution in [2.75, 3.05) is 26.7 Å². The second-order valence-corrected chi connectivity index (χ2v) is 4.28. The molecule has 1 heterocycles. The Bertz CT molecular complexity index is 150. The SMILES string of the molecule is COC1CN(CC(C)C)CCC1O. The van der Waals surface area contributed by atoms with Gasteiger partial charge in [0.15, 0.2) is 0 Å². The Morgan fingerprint density at radius 2 is 2.23 bits per heavy atom. The normalized spacial score (nSPS) is 31.2. The van der Waals surface area contributed by atoms with E-state index in [1.807, 2.05) is 0 Å². The van der Waals surface area contributed by atoms with Crippen molar-refractivity contribution in [1.29, 1.82) is 0 Å². The molecule has 1 aliphatic heterocycles. The fraction of sp³-hybridized carbons (Fsp3) is 1.00. The summed E-state index contributed by atoms with van der Waals surface area (Å²) in [7, 11) is 1.67. The van der Waals surface area contributed by atoms with Gasteiger partial charge in [-0.2, -0.15) is 0 Å². The van der Waals surface area contributed by atoms with E-state index in [0.717, 1.165) is 26.1 Å². The summed E-state index contributed by atoms with van der Waals surface area (Å²) in [5, 5.41) is 9.57. The molecule has 1 fully saturated rings. The van der Waals surface area contributed by atoms with Crippen LogP contribution in [0.5, 0.6) is 0 Å². The first-order valence-corrected chi connectivity index (χ1v) is 5.06. The number of hydrogen-bond acceptors (Lipinski definition) is 3. The molecule has 1 saturated heterocycles. The highest BCUT2D eigenvalue weighted by Gasteiger charge is 2.27. The van der Waals surface area contributed by atoms with E-state index < -0.39 is 0 Å². The van der Waals surface area contributed by atoms with Crippen molar-refractivity contribution < 1.29 is 9.84 Å². The minimum Gasteiger partial charge on any atom is -0.390 e. The maximum atomic E-state index is 9.57. The van der Waals surface area contributed by atoms with Crippen LogP contribution in [-0.4, -0.2) is 49.0 Å². The van der Waals surface area contributed by atoms with Gasteiger partial charge in [0.2, 0.25) is 0 Å². The smallest absolute Gasteiger partial charge is 0.0957 e. The Labute approximate surface area is 80.7 Å². The molecule has 13 heavy (non-hydrogen) atoms.